The van der Waals surface area contributed by atoms with E-state index in [2.05, 4.69) is 64.0 Å². The predicted octanol–water partition coefficient (Wildman–Crippen LogP) is 5.43. The maximum atomic E-state index is 5.22. The first-order valence-electron chi connectivity index (χ1n) is 7.58. The van der Waals surface area contributed by atoms with Gasteiger partial charge in [-0.25, -0.2) is 0 Å². The molecule has 0 bridgehead atoms. The van der Waals surface area contributed by atoms with E-state index in [0.29, 0.717) is 0 Å². The van der Waals surface area contributed by atoms with E-state index in [0.717, 1.165) is 12.3 Å². The molecule has 0 radical (unpaired) electrons. The number of methoxy groups -OCH3 is 1. The fourth-order valence-corrected chi connectivity index (χ4v) is 3.54. The maximum absolute atomic E-state index is 5.22. The monoisotopic (exact) mass is 319 g/mol. The third-order valence-electron chi connectivity index (χ3n) is 4.14. The van der Waals surface area contributed by atoms with Crippen LogP contribution < -0.4 is 4.74 Å². The summed E-state index contributed by atoms with van der Waals surface area (Å²) in [6.45, 7) is 0.866. The van der Waals surface area contributed by atoms with Crippen LogP contribution in [0.2, 0.25) is 0 Å². The Balaban J connectivity index is 1.65. The van der Waals surface area contributed by atoms with Gasteiger partial charge in [0.1, 0.15) is 5.75 Å². The van der Waals surface area contributed by atoms with E-state index < -0.39 is 0 Å². The molecule has 0 aliphatic heterocycles. The van der Waals surface area contributed by atoms with Gasteiger partial charge in [0.25, 0.3) is 0 Å². The number of fused-ring (bicyclic) bond motifs is 1. The van der Waals surface area contributed by atoms with Crippen LogP contribution in [0.4, 0.5) is 0 Å². The Hall–Kier alpha value is -2.52. The number of benzene rings is 2. The molecule has 4 aromatic rings. The summed E-state index contributed by atoms with van der Waals surface area (Å²) in [6, 6.07) is 19.3. The van der Waals surface area contributed by atoms with Gasteiger partial charge >= 0.3 is 0 Å². The third-order valence-corrected chi connectivity index (χ3v) is 4.82. The van der Waals surface area contributed by atoms with Gasteiger partial charge in [-0.15, -0.1) is 0 Å². The summed E-state index contributed by atoms with van der Waals surface area (Å²) >= 11 is 1.73. The number of hydrogen-bond donors (Lipinski definition) is 0. The van der Waals surface area contributed by atoms with Crippen molar-refractivity contribution in [3.05, 3.63) is 77.1 Å². The molecule has 0 fully saturated rings. The van der Waals surface area contributed by atoms with Gasteiger partial charge in [-0.2, -0.15) is 11.3 Å². The summed E-state index contributed by atoms with van der Waals surface area (Å²) in [5.41, 5.74) is 5.10. The lowest BCUT2D eigenvalue weighted by atomic mass is 10.1. The van der Waals surface area contributed by atoms with Crippen molar-refractivity contribution in [3.8, 4) is 16.9 Å². The quantitative estimate of drug-likeness (QED) is 0.489. The second-order valence-electron chi connectivity index (χ2n) is 5.58. The second-order valence-corrected chi connectivity index (χ2v) is 6.36. The zero-order valence-corrected chi connectivity index (χ0v) is 13.7. The molecule has 0 unspecified atom stereocenters. The molecular weight excluding hydrogens is 302 g/mol. The normalized spacial score (nSPS) is 11.0. The summed E-state index contributed by atoms with van der Waals surface area (Å²) in [6.07, 6.45) is 2.16. The van der Waals surface area contributed by atoms with E-state index in [1.165, 1.54) is 27.6 Å². The van der Waals surface area contributed by atoms with Crippen molar-refractivity contribution < 1.29 is 4.74 Å². The van der Waals surface area contributed by atoms with Gasteiger partial charge in [-0.05, 0) is 63.8 Å². The molecule has 114 valence electrons. The van der Waals surface area contributed by atoms with Gasteiger partial charge in [0, 0.05) is 23.6 Å². The molecule has 0 amide bonds. The first kappa shape index (κ1) is 14.1. The van der Waals surface area contributed by atoms with Crippen molar-refractivity contribution in [1.82, 2.24) is 4.57 Å². The van der Waals surface area contributed by atoms with Crippen LogP contribution in [0.1, 0.15) is 5.56 Å². The van der Waals surface area contributed by atoms with Crippen LogP contribution in [0, 0.1) is 0 Å². The van der Waals surface area contributed by atoms with Crippen LogP contribution in [-0.2, 0) is 6.54 Å². The smallest absolute Gasteiger partial charge is 0.118 e. The van der Waals surface area contributed by atoms with Crippen LogP contribution in [0.5, 0.6) is 5.75 Å². The predicted molar refractivity (Wildman–Crippen MR) is 97.3 cm³/mol. The second kappa shape index (κ2) is 5.94. The molecule has 0 aliphatic rings. The van der Waals surface area contributed by atoms with Crippen LogP contribution >= 0.6 is 11.3 Å². The van der Waals surface area contributed by atoms with Crippen molar-refractivity contribution in [2.75, 3.05) is 7.11 Å². The minimum Gasteiger partial charge on any atom is -0.497 e. The Morgan fingerprint density at radius 2 is 1.83 bits per heavy atom. The molecule has 2 aromatic carbocycles. The summed E-state index contributed by atoms with van der Waals surface area (Å²) < 4.78 is 7.50. The van der Waals surface area contributed by atoms with Crippen molar-refractivity contribution in [3.63, 3.8) is 0 Å². The van der Waals surface area contributed by atoms with Gasteiger partial charge < -0.3 is 9.30 Å². The maximum Gasteiger partial charge on any atom is 0.118 e. The van der Waals surface area contributed by atoms with E-state index in [-0.39, 0.29) is 0 Å². The molecule has 0 saturated heterocycles. The Bertz CT molecular complexity index is 920. The van der Waals surface area contributed by atoms with E-state index in [9.17, 15) is 0 Å². The molecule has 4 rings (SSSR count). The van der Waals surface area contributed by atoms with E-state index in [1.807, 2.05) is 12.1 Å². The number of thiophene rings is 1. The van der Waals surface area contributed by atoms with Crippen molar-refractivity contribution >= 4 is 22.2 Å². The number of hydrogen-bond acceptors (Lipinski definition) is 2. The van der Waals surface area contributed by atoms with Gasteiger partial charge in [-0.3, -0.25) is 0 Å². The zero-order chi connectivity index (χ0) is 15.6. The highest BCUT2D eigenvalue weighted by Crippen LogP contribution is 2.27. The number of ether oxygens (including phenoxy) is 1. The zero-order valence-electron chi connectivity index (χ0n) is 12.9. The molecule has 0 aliphatic carbocycles. The molecule has 0 saturated carbocycles. The first-order chi connectivity index (χ1) is 11.3. The lowest BCUT2D eigenvalue weighted by Crippen LogP contribution is -1.97. The minimum atomic E-state index is 0.866. The summed E-state index contributed by atoms with van der Waals surface area (Å²) in [5.74, 6) is 0.895. The van der Waals surface area contributed by atoms with Gasteiger partial charge in [0.05, 0.1) is 7.11 Å². The van der Waals surface area contributed by atoms with Crippen molar-refractivity contribution in [1.29, 1.82) is 0 Å². The summed E-state index contributed by atoms with van der Waals surface area (Å²) in [4.78, 5) is 0. The highest BCUT2D eigenvalue weighted by atomic mass is 32.1. The SMILES string of the molecule is COc1ccc(Cn2ccc3cc(-c4ccsc4)ccc32)cc1. The number of rotatable bonds is 4. The molecule has 23 heavy (non-hydrogen) atoms. The van der Waals surface area contributed by atoms with Gasteiger partial charge in [0.2, 0.25) is 0 Å². The Labute approximate surface area is 139 Å². The van der Waals surface area contributed by atoms with Crippen LogP contribution in [0.25, 0.3) is 22.0 Å². The molecule has 2 aromatic heterocycles. The highest BCUT2D eigenvalue weighted by molar-refractivity contribution is 7.08. The Kier molecular flexibility index (Phi) is 3.64. The Morgan fingerprint density at radius 3 is 2.57 bits per heavy atom. The standard InChI is InChI=1S/C20H17NOS/c1-22-19-5-2-15(3-6-19)13-21-10-8-17-12-16(4-7-20(17)21)18-9-11-23-14-18/h2-12,14H,13H2,1H3. The molecule has 3 heteroatoms. The highest BCUT2D eigenvalue weighted by Gasteiger charge is 2.05. The lowest BCUT2D eigenvalue weighted by molar-refractivity contribution is 0.414. The average molecular weight is 319 g/mol. The average Bonchev–Trinajstić information content (AvgIpc) is 3.25. The molecule has 2 nitrogen and oxygen atoms in total. The van der Waals surface area contributed by atoms with Crippen LogP contribution in [0.3, 0.4) is 0 Å². The van der Waals surface area contributed by atoms with Crippen LogP contribution in [-0.4, -0.2) is 11.7 Å². The lowest BCUT2D eigenvalue weighted by Gasteiger charge is -2.07. The summed E-state index contributed by atoms with van der Waals surface area (Å²) in [7, 11) is 1.69. The molecule has 2 heterocycles. The van der Waals surface area contributed by atoms with Crippen molar-refractivity contribution in [2.24, 2.45) is 0 Å². The third kappa shape index (κ3) is 2.76. The fourth-order valence-electron chi connectivity index (χ4n) is 2.87. The number of aromatic nitrogens is 1. The van der Waals surface area contributed by atoms with Crippen molar-refractivity contribution in [2.45, 2.75) is 6.54 Å². The molecule has 0 N–H and O–H groups in total. The van der Waals surface area contributed by atoms with E-state index in [1.54, 1.807) is 18.4 Å². The first-order valence-corrected chi connectivity index (χ1v) is 8.52. The molecular formula is C20H17NOS. The minimum absolute atomic E-state index is 0.866. The molecule has 0 spiro atoms. The van der Waals surface area contributed by atoms with E-state index in [4.69, 9.17) is 4.74 Å². The van der Waals surface area contributed by atoms with Crippen LogP contribution in [0.15, 0.2) is 71.6 Å². The largest absolute Gasteiger partial charge is 0.497 e. The fraction of sp³-hybridized carbons (Fsp3) is 0.100. The summed E-state index contributed by atoms with van der Waals surface area (Å²) in [5, 5.41) is 5.59. The topological polar surface area (TPSA) is 14.2 Å². The van der Waals surface area contributed by atoms with Gasteiger partial charge in [0.15, 0.2) is 0 Å². The van der Waals surface area contributed by atoms with E-state index >= 15 is 0 Å². The van der Waals surface area contributed by atoms with Gasteiger partial charge in [-0.1, -0.05) is 18.2 Å². The molecule has 0 atom stereocenters. The number of nitrogens with zero attached hydrogens (tertiary/aromatic N) is 1. The Morgan fingerprint density at radius 1 is 0.957 bits per heavy atom.